The lowest BCUT2D eigenvalue weighted by atomic mass is 9.59. The fourth-order valence-corrected chi connectivity index (χ4v) is 9.72. The van der Waals surface area contributed by atoms with Crippen molar-refractivity contribution in [1.29, 1.82) is 0 Å². The van der Waals surface area contributed by atoms with Crippen molar-refractivity contribution < 1.29 is 24.2 Å². The van der Waals surface area contributed by atoms with E-state index >= 15 is 0 Å². The van der Waals surface area contributed by atoms with Crippen LogP contribution in [0.25, 0.3) is 0 Å². The summed E-state index contributed by atoms with van der Waals surface area (Å²) < 4.78 is 10.9. The lowest BCUT2D eigenvalue weighted by Crippen LogP contribution is -2.36. The van der Waals surface area contributed by atoms with E-state index in [4.69, 9.17) is 9.47 Å². The number of unbranched alkanes of at least 4 members (excludes halogenated alkanes) is 2. The molecule has 0 aromatic heterocycles. The molecule has 0 saturated heterocycles. The Kier molecular flexibility index (Phi) is 14.3. The minimum absolute atomic E-state index is 0.0497. The Labute approximate surface area is 269 Å². The highest BCUT2D eigenvalue weighted by atomic mass is 16.5. The molecule has 0 aromatic rings. The highest BCUT2D eigenvalue weighted by molar-refractivity contribution is 5.88. The molecule has 0 radical (unpaired) electrons. The third-order valence-electron chi connectivity index (χ3n) is 12.4. The van der Waals surface area contributed by atoms with E-state index in [0.29, 0.717) is 11.5 Å². The van der Waals surface area contributed by atoms with Crippen molar-refractivity contribution in [3.05, 3.63) is 24.3 Å². The number of esters is 2. The summed E-state index contributed by atoms with van der Waals surface area (Å²) in [5.74, 6) is 6.18. The summed E-state index contributed by atoms with van der Waals surface area (Å²) in [6.45, 7) is 11.2. The molecule has 0 aromatic carbocycles. The van der Waals surface area contributed by atoms with Gasteiger partial charge in [0.15, 0.2) is 0 Å². The predicted molar refractivity (Wildman–Crippen MR) is 178 cm³/mol. The van der Waals surface area contributed by atoms with Crippen molar-refractivity contribution in [3.8, 4) is 0 Å². The number of hydrogen-bond donors (Lipinski definition) is 1. The number of aliphatic hydroxyl groups excluding tert-OH is 1. The fraction of sp³-hybridized carbons (Fsp3) is 0.846. The van der Waals surface area contributed by atoms with Gasteiger partial charge in [-0.05, 0) is 131 Å². The molecule has 4 saturated carbocycles. The van der Waals surface area contributed by atoms with Crippen LogP contribution in [0.4, 0.5) is 0 Å². The minimum Gasteiger partial charge on any atom is -0.462 e. The Morgan fingerprint density at radius 1 is 0.682 bits per heavy atom. The SMILES string of the molecule is C=C(C)C(=O)OCC(COC(=O)C(=C)CO)CC1CCC2CC(C3CCC(C4CCC(CCCCC)CC4)CC3)CCC2C1. The maximum absolute atomic E-state index is 12.1. The summed E-state index contributed by atoms with van der Waals surface area (Å²) in [5.41, 5.74) is 0.425. The van der Waals surface area contributed by atoms with Gasteiger partial charge in [-0.15, -0.1) is 0 Å². The molecule has 4 aliphatic carbocycles. The average Bonchev–Trinajstić information content (AvgIpc) is 3.05. The number of ether oxygens (including phenoxy) is 2. The van der Waals surface area contributed by atoms with Gasteiger partial charge in [-0.1, -0.05) is 65.0 Å². The molecule has 0 spiro atoms. The second-order valence-corrected chi connectivity index (χ2v) is 15.6. The van der Waals surface area contributed by atoms with Crippen molar-refractivity contribution in [2.75, 3.05) is 19.8 Å². The van der Waals surface area contributed by atoms with Crippen molar-refractivity contribution in [2.45, 2.75) is 136 Å². The van der Waals surface area contributed by atoms with E-state index in [2.05, 4.69) is 20.1 Å². The number of rotatable bonds is 15. The Hall–Kier alpha value is -1.62. The summed E-state index contributed by atoms with van der Waals surface area (Å²) in [6, 6.07) is 0. The second kappa shape index (κ2) is 17.9. The molecule has 5 unspecified atom stereocenters. The number of carbonyl (C=O) groups is 2. The molecular formula is C39H64O5. The standard InChI is InChI=1S/C39H64O5/c1-5-6-7-8-29-9-12-32(13-10-29)33-15-17-34(18-16-33)36-20-19-35-22-30(11-14-37(35)23-36)21-31(25-43-38(41)27(2)3)26-44-39(42)28(4)24-40/h29-37,40H,2,4-26H2,1,3H3. The summed E-state index contributed by atoms with van der Waals surface area (Å²) >= 11 is 0. The van der Waals surface area contributed by atoms with Gasteiger partial charge in [-0.25, -0.2) is 9.59 Å². The van der Waals surface area contributed by atoms with Gasteiger partial charge >= 0.3 is 11.9 Å². The Morgan fingerprint density at radius 3 is 1.75 bits per heavy atom. The van der Waals surface area contributed by atoms with Gasteiger partial charge in [0.1, 0.15) is 0 Å². The maximum Gasteiger partial charge on any atom is 0.335 e. The van der Waals surface area contributed by atoms with Crippen LogP contribution in [-0.2, 0) is 19.1 Å². The van der Waals surface area contributed by atoms with E-state index in [9.17, 15) is 14.7 Å². The van der Waals surface area contributed by atoms with Crippen molar-refractivity contribution >= 4 is 11.9 Å². The number of fused-ring (bicyclic) bond motifs is 1. The number of hydrogen-bond acceptors (Lipinski definition) is 5. The molecular weight excluding hydrogens is 548 g/mol. The van der Waals surface area contributed by atoms with Crippen LogP contribution in [0.3, 0.4) is 0 Å². The molecule has 5 heteroatoms. The third-order valence-corrected chi connectivity index (χ3v) is 12.4. The van der Waals surface area contributed by atoms with Crippen LogP contribution in [0.15, 0.2) is 24.3 Å². The van der Waals surface area contributed by atoms with E-state index in [0.717, 1.165) is 47.8 Å². The molecule has 5 nitrogen and oxygen atoms in total. The monoisotopic (exact) mass is 612 g/mol. The molecule has 4 rings (SSSR count). The van der Waals surface area contributed by atoms with E-state index in [1.807, 2.05) is 0 Å². The highest BCUT2D eigenvalue weighted by Crippen LogP contribution is 2.51. The zero-order chi connectivity index (χ0) is 31.5. The molecule has 0 aliphatic heterocycles. The molecule has 1 N–H and O–H groups in total. The topological polar surface area (TPSA) is 72.8 Å². The number of carbonyl (C=O) groups excluding carboxylic acids is 2. The largest absolute Gasteiger partial charge is 0.462 e. The lowest BCUT2D eigenvalue weighted by molar-refractivity contribution is -0.145. The van der Waals surface area contributed by atoms with E-state index in [1.54, 1.807) is 6.92 Å². The molecule has 0 heterocycles. The third kappa shape index (κ3) is 10.5. The predicted octanol–water partition coefficient (Wildman–Crippen LogP) is 9.23. The Morgan fingerprint density at radius 2 is 1.16 bits per heavy atom. The van der Waals surface area contributed by atoms with Crippen LogP contribution < -0.4 is 0 Å². The van der Waals surface area contributed by atoms with Crippen LogP contribution in [0.5, 0.6) is 0 Å². The molecule has 4 aliphatic rings. The van der Waals surface area contributed by atoms with Gasteiger partial charge in [0.2, 0.25) is 0 Å². The second-order valence-electron chi connectivity index (χ2n) is 15.6. The van der Waals surface area contributed by atoms with E-state index < -0.39 is 18.5 Å². The minimum atomic E-state index is -0.579. The average molecular weight is 613 g/mol. The molecule has 0 bridgehead atoms. The lowest BCUT2D eigenvalue weighted by Gasteiger charge is -2.46. The van der Waals surface area contributed by atoms with Gasteiger partial charge in [-0.3, -0.25) is 0 Å². The zero-order valence-corrected chi connectivity index (χ0v) is 28.2. The van der Waals surface area contributed by atoms with Crippen LogP contribution in [-0.4, -0.2) is 36.9 Å². The first-order chi connectivity index (χ1) is 21.3. The quantitative estimate of drug-likeness (QED) is 0.113. The van der Waals surface area contributed by atoms with E-state index in [1.165, 1.54) is 116 Å². The Bertz CT molecular complexity index is 925. The molecule has 250 valence electrons. The van der Waals surface area contributed by atoms with Gasteiger partial charge < -0.3 is 14.6 Å². The van der Waals surface area contributed by atoms with Gasteiger partial charge in [-0.2, -0.15) is 0 Å². The molecule has 44 heavy (non-hydrogen) atoms. The first-order valence-corrected chi connectivity index (χ1v) is 18.6. The molecule has 5 atom stereocenters. The van der Waals surface area contributed by atoms with Crippen molar-refractivity contribution in [2.24, 2.45) is 53.3 Å². The summed E-state index contributed by atoms with van der Waals surface area (Å²) in [4.78, 5) is 24.2. The summed E-state index contributed by atoms with van der Waals surface area (Å²) in [6.07, 6.45) is 26.6. The normalized spacial score (nSPS) is 33.1. The summed E-state index contributed by atoms with van der Waals surface area (Å²) in [7, 11) is 0. The van der Waals surface area contributed by atoms with Gasteiger partial charge in [0, 0.05) is 11.5 Å². The fourth-order valence-electron chi connectivity index (χ4n) is 9.72. The molecule has 4 fully saturated rings. The first kappa shape index (κ1) is 35.2. The summed E-state index contributed by atoms with van der Waals surface area (Å²) in [5, 5.41) is 9.20. The zero-order valence-electron chi connectivity index (χ0n) is 28.2. The Balaban J connectivity index is 1.18. The highest BCUT2D eigenvalue weighted by Gasteiger charge is 2.40. The smallest absolute Gasteiger partial charge is 0.335 e. The van der Waals surface area contributed by atoms with Crippen LogP contribution >= 0.6 is 0 Å². The first-order valence-electron chi connectivity index (χ1n) is 18.6. The van der Waals surface area contributed by atoms with Crippen LogP contribution in [0.1, 0.15) is 136 Å². The van der Waals surface area contributed by atoms with Crippen LogP contribution in [0, 0.1) is 53.3 Å². The maximum atomic E-state index is 12.1. The molecule has 0 amide bonds. The van der Waals surface area contributed by atoms with Crippen molar-refractivity contribution in [3.63, 3.8) is 0 Å². The van der Waals surface area contributed by atoms with Crippen LogP contribution in [0.2, 0.25) is 0 Å². The van der Waals surface area contributed by atoms with E-state index in [-0.39, 0.29) is 24.7 Å². The van der Waals surface area contributed by atoms with Crippen molar-refractivity contribution in [1.82, 2.24) is 0 Å². The number of aliphatic hydroxyl groups is 1. The van der Waals surface area contributed by atoms with Gasteiger partial charge in [0.05, 0.1) is 25.4 Å². The van der Waals surface area contributed by atoms with Gasteiger partial charge in [0.25, 0.3) is 0 Å².